The summed E-state index contributed by atoms with van der Waals surface area (Å²) >= 11 is 0. The zero-order valence-electron chi connectivity index (χ0n) is 7.01. The van der Waals surface area contributed by atoms with E-state index in [9.17, 15) is 0 Å². The lowest BCUT2D eigenvalue weighted by Gasteiger charge is -1.92. The largest absolute Gasteiger partial charge is 0.106 e. The molecule has 0 atom stereocenters. The molecular weight excluding hydrogens is 132 g/mol. The molecule has 0 aliphatic rings. The molecule has 0 amide bonds. The maximum Gasteiger partial charge on any atom is -0.0260 e. The van der Waals surface area contributed by atoms with Crippen LogP contribution in [0.2, 0.25) is 0 Å². The van der Waals surface area contributed by atoms with Gasteiger partial charge in [-0.1, -0.05) is 42.5 Å². The second kappa shape index (κ2) is 5.48. The van der Waals surface area contributed by atoms with Crippen LogP contribution in [0.4, 0.5) is 0 Å². The standard InChI is InChI=1S/C9H10.C2H4/c1-3-9-6-4-5-8(2)7-9;1-2/h3-7H,1H2,2H3;1-2H2. The Kier molecular flexibility index (Phi) is 4.83. The van der Waals surface area contributed by atoms with Gasteiger partial charge < -0.3 is 0 Å². The molecule has 0 saturated heterocycles. The van der Waals surface area contributed by atoms with Crippen molar-refractivity contribution in [2.24, 2.45) is 0 Å². The van der Waals surface area contributed by atoms with E-state index in [2.05, 4.69) is 38.8 Å². The maximum atomic E-state index is 3.67. The van der Waals surface area contributed by atoms with Gasteiger partial charge in [-0.05, 0) is 12.5 Å². The van der Waals surface area contributed by atoms with Gasteiger partial charge in [-0.2, -0.15) is 0 Å². The summed E-state index contributed by atoms with van der Waals surface area (Å²) in [5, 5.41) is 0. The zero-order chi connectivity index (χ0) is 8.69. The minimum atomic E-state index is 1.19. The summed E-state index contributed by atoms with van der Waals surface area (Å²) in [6.07, 6.45) is 1.85. The van der Waals surface area contributed by atoms with Crippen molar-refractivity contribution in [3.63, 3.8) is 0 Å². The van der Waals surface area contributed by atoms with Crippen LogP contribution in [0.5, 0.6) is 0 Å². The molecule has 0 aliphatic carbocycles. The van der Waals surface area contributed by atoms with Crippen LogP contribution < -0.4 is 0 Å². The quantitative estimate of drug-likeness (QED) is 0.532. The highest BCUT2D eigenvalue weighted by atomic mass is 13.9. The minimum Gasteiger partial charge on any atom is -0.106 e. The van der Waals surface area contributed by atoms with Crippen molar-refractivity contribution >= 4 is 6.08 Å². The highest BCUT2D eigenvalue weighted by Crippen LogP contribution is 2.03. The Bertz CT molecular complexity index is 223. The van der Waals surface area contributed by atoms with Crippen molar-refractivity contribution in [2.45, 2.75) is 6.92 Å². The molecule has 1 rings (SSSR count). The van der Waals surface area contributed by atoms with Crippen LogP contribution in [-0.4, -0.2) is 0 Å². The first kappa shape index (κ1) is 9.70. The topological polar surface area (TPSA) is 0 Å². The molecule has 1 aromatic rings. The van der Waals surface area contributed by atoms with E-state index in [-0.39, 0.29) is 0 Å². The summed E-state index contributed by atoms with van der Waals surface area (Å²) in [4.78, 5) is 0. The Morgan fingerprint density at radius 2 is 1.91 bits per heavy atom. The van der Waals surface area contributed by atoms with E-state index in [1.54, 1.807) is 0 Å². The molecule has 11 heavy (non-hydrogen) atoms. The van der Waals surface area contributed by atoms with E-state index in [0.717, 1.165) is 0 Å². The smallest absolute Gasteiger partial charge is 0.0260 e. The van der Waals surface area contributed by atoms with Gasteiger partial charge in [-0.25, -0.2) is 0 Å². The molecule has 58 valence electrons. The summed E-state index contributed by atoms with van der Waals surface area (Å²) in [7, 11) is 0. The molecule has 0 heterocycles. The Morgan fingerprint density at radius 1 is 1.27 bits per heavy atom. The summed E-state index contributed by atoms with van der Waals surface area (Å²) in [6.45, 7) is 11.7. The molecule has 0 heteroatoms. The lowest BCUT2D eigenvalue weighted by Crippen LogP contribution is -1.72. The van der Waals surface area contributed by atoms with Crippen molar-refractivity contribution in [1.29, 1.82) is 0 Å². The van der Waals surface area contributed by atoms with Crippen LogP contribution in [0.1, 0.15) is 11.1 Å². The predicted molar refractivity (Wildman–Crippen MR) is 52.5 cm³/mol. The molecule has 0 aliphatic heterocycles. The van der Waals surface area contributed by atoms with E-state index in [1.807, 2.05) is 18.2 Å². The summed E-state index contributed by atoms with van der Waals surface area (Å²) < 4.78 is 0. The normalized spacial score (nSPS) is 7.73. The van der Waals surface area contributed by atoms with E-state index in [1.165, 1.54) is 11.1 Å². The van der Waals surface area contributed by atoms with Gasteiger partial charge in [0.25, 0.3) is 0 Å². The van der Waals surface area contributed by atoms with Crippen molar-refractivity contribution in [3.05, 3.63) is 55.1 Å². The van der Waals surface area contributed by atoms with Gasteiger partial charge in [-0.15, -0.1) is 13.2 Å². The van der Waals surface area contributed by atoms with Crippen LogP contribution in [0, 0.1) is 6.92 Å². The highest BCUT2D eigenvalue weighted by Gasteiger charge is 1.83. The lowest BCUT2D eigenvalue weighted by molar-refractivity contribution is 1.46. The number of rotatable bonds is 1. The van der Waals surface area contributed by atoms with E-state index in [4.69, 9.17) is 0 Å². The Hall–Kier alpha value is -1.30. The van der Waals surface area contributed by atoms with Gasteiger partial charge in [0, 0.05) is 0 Å². The Labute approximate surface area is 68.9 Å². The third kappa shape index (κ3) is 3.41. The third-order valence-electron chi connectivity index (χ3n) is 1.28. The van der Waals surface area contributed by atoms with E-state index in [0.29, 0.717) is 0 Å². The zero-order valence-corrected chi connectivity index (χ0v) is 7.01. The van der Waals surface area contributed by atoms with E-state index < -0.39 is 0 Å². The third-order valence-corrected chi connectivity index (χ3v) is 1.28. The molecule has 0 nitrogen and oxygen atoms in total. The predicted octanol–water partition coefficient (Wildman–Crippen LogP) is 3.44. The summed E-state index contributed by atoms with van der Waals surface area (Å²) in [5.41, 5.74) is 2.47. The van der Waals surface area contributed by atoms with Gasteiger partial charge in [0.2, 0.25) is 0 Å². The van der Waals surface area contributed by atoms with Crippen LogP contribution >= 0.6 is 0 Å². The van der Waals surface area contributed by atoms with E-state index >= 15 is 0 Å². The molecule has 0 bridgehead atoms. The average molecular weight is 146 g/mol. The fraction of sp³-hybridized carbons (Fsp3) is 0.0909. The van der Waals surface area contributed by atoms with Crippen molar-refractivity contribution in [2.75, 3.05) is 0 Å². The van der Waals surface area contributed by atoms with Gasteiger partial charge in [0.1, 0.15) is 0 Å². The van der Waals surface area contributed by atoms with Gasteiger partial charge in [-0.3, -0.25) is 0 Å². The molecule has 0 N–H and O–H groups in total. The van der Waals surface area contributed by atoms with Gasteiger partial charge in [0.05, 0.1) is 0 Å². The molecule has 0 radical (unpaired) electrons. The molecule has 0 aromatic heterocycles. The first-order valence-electron chi connectivity index (χ1n) is 3.52. The Balaban J connectivity index is 0.000000461. The van der Waals surface area contributed by atoms with Crippen LogP contribution in [-0.2, 0) is 0 Å². The molecule has 0 unspecified atom stereocenters. The van der Waals surface area contributed by atoms with Crippen molar-refractivity contribution in [1.82, 2.24) is 0 Å². The molecule has 1 aromatic carbocycles. The first-order chi connectivity index (χ1) is 5.33. The highest BCUT2D eigenvalue weighted by molar-refractivity contribution is 5.47. The summed E-state index contributed by atoms with van der Waals surface area (Å²) in [5.74, 6) is 0. The molecule has 0 spiro atoms. The number of hydrogen-bond donors (Lipinski definition) is 0. The molecular formula is C11H14. The number of aryl methyl sites for hydroxylation is 1. The molecule has 0 saturated carbocycles. The first-order valence-corrected chi connectivity index (χ1v) is 3.52. The Morgan fingerprint density at radius 3 is 2.27 bits per heavy atom. The average Bonchev–Trinajstić information content (AvgIpc) is 2.08. The minimum absolute atomic E-state index is 1.19. The van der Waals surface area contributed by atoms with Gasteiger partial charge in [0.15, 0.2) is 0 Å². The number of hydrogen-bond acceptors (Lipinski definition) is 0. The fourth-order valence-corrected chi connectivity index (χ4v) is 0.797. The van der Waals surface area contributed by atoms with Gasteiger partial charge >= 0.3 is 0 Å². The van der Waals surface area contributed by atoms with Crippen LogP contribution in [0.3, 0.4) is 0 Å². The molecule has 0 fully saturated rings. The second-order valence-corrected chi connectivity index (χ2v) is 2.12. The fourth-order valence-electron chi connectivity index (χ4n) is 0.797. The number of benzene rings is 1. The lowest BCUT2D eigenvalue weighted by atomic mass is 10.1. The van der Waals surface area contributed by atoms with Crippen molar-refractivity contribution in [3.8, 4) is 0 Å². The summed E-state index contributed by atoms with van der Waals surface area (Å²) in [6, 6.07) is 8.26. The maximum absolute atomic E-state index is 3.67. The van der Waals surface area contributed by atoms with Crippen molar-refractivity contribution < 1.29 is 0 Å². The monoisotopic (exact) mass is 146 g/mol. The van der Waals surface area contributed by atoms with Crippen LogP contribution in [0.15, 0.2) is 44.0 Å². The SMILES string of the molecule is C=C.C=Cc1cccc(C)c1. The second-order valence-electron chi connectivity index (χ2n) is 2.12. The van der Waals surface area contributed by atoms with Crippen LogP contribution in [0.25, 0.3) is 6.08 Å².